The van der Waals surface area contributed by atoms with Gasteiger partial charge in [-0.05, 0) is 38.3 Å². The van der Waals surface area contributed by atoms with Gasteiger partial charge in [0.1, 0.15) is 11.6 Å². The predicted octanol–water partition coefficient (Wildman–Crippen LogP) is 2.73. The molecule has 2 saturated heterocycles. The highest BCUT2D eigenvalue weighted by molar-refractivity contribution is 14.0. The highest BCUT2D eigenvalue weighted by Crippen LogP contribution is 2.24. The average Bonchev–Trinajstić information content (AvgIpc) is 3.34. The number of benzene rings is 1. The fraction of sp³-hybridized carbons (Fsp3) is 0.600. The summed E-state index contributed by atoms with van der Waals surface area (Å²) in [6, 6.07) is 3.79. The van der Waals surface area contributed by atoms with E-state index in [4.69, 9.17) is 0 Å². The van der Waals surface area contributed by atoms with E-state index in [0.717, 1.165) is 45.0 Å². The molecule has 6 nitrogen and oxygen atoms in total. The Morgan fingerprint density at radius 3 is 2.69 bits per heavy atom. The van der Waals surface area contributed by atoms with Crippen molar-refractivity contribution in [3.63, 3.8) is 0 Å². The van der Waals surface area contributed by atoms with Crippen LogP contribution in [0.3, 0.4) is 0 Å². The molecule has 3 rings (SSSR count). The van der Waals surface area contributed by atoms with Crippen molar-refractivity contribution in [2.75, 3.05) is 44.2 Å². The Balaban J connectivity index is 0.00000300. The van der Waals surface area contributed by atoms with E-state index in [1.165, 1.54) is 12.1 Å². The molecule has 1 amide bonds. The second-order valence-electron chi connectivity index (χ2n) is 7.27. The summed E-state index contributed by atoms with van der Waals surface area (Å²) in [7, 11) is 0. The lowest BCUT2D eigenvalue weighted by Gasteiger charge is -2.21. The van der Waals surface area contributed by atoms with Crippen LogP contribution in [0.15, 0.2) is 23.2 Å². The Morgan fingerprint density at radius 2 is 2.00 bits per heavy atom. The molecule has 2 N–H and O–H groups in total. The summed E-state index contributed by atoms with van der Waals surface area (Å²) in [6.07, 6.45) is 3.42. The molecule has 1 unspecified atom stereocenters. The SMILES string of the molecule is CCNC(=NCCC(=O)N1CCCC1)NC1CCN(c2ccc(F)cc2F)C1.I. The zero-order valence-electron chi connectivity index (χ0n) is 16.8. The molecule has 0 aromatic heterocycles. The normalized spacial score (nSPS) is 19.3. The van der Waals surface area contributed by atoms with Gasteiger partial charge in [-0.15, -0.1) is 24.0 Å². The van der Waals surface area contributed by atoms with Gasteiger partial charge in [-0.3, -0.25) is 9.79 Å². The fourth-order valence-corrected chi connectivity index (χ4v) is 3.74. The Bertz CT molecular complexity index is 712. The first-order valence-corrected chi connectivity index (χ1v) is 10.1. The number of nitrogens with one attached hydrogen (secondary N) is 2. The number of halogens is 3. The zero-order valence-corrected chi connectivity index (χ0v) is 19.1. The minimum absolute atomic E-state index is 0. The first-order chi connectivity index (χ1) is 13.6. The summed E-state index contributed by atoms with van der Waals surface area (Å²) in [5, 5.41) is 6.56. The van der Waals surface area contributed by atoms with Crippen LogP contribution >= 0.6 is 24.0 Å². The Labute approximate surface area is 188 Å². The van der Waals surface area contributed by atoms with Crippen LogP contribution in [0.5, 0.6) is 0 Å². The van der Waals surface area contributed by atoms with Gasteiger partial charge in [0.15, 0.2) is 5.96 Å². The summed E-state index contributed by atoms with van der Waals surface area (Å²) in [5.41, 5.74) is 0.420. The largest absolute Gasteiger partial charge is 0.367 e. The molecular weight excluding hydrogens is 491 g/mol. The number of amides is 1. The van der Waals surface area contributed by atoms with Crippen LogP contribution < -0.4 is 15.5 Å². The second-order valence-corrected chi connectivity index (χ2v) is 7.27. The first kappa shape index (κ1) is 23.6. The van der Waals surface area contributed by atoms with Gasteiger partial charge in [0.05, 0.1) is 12.2 Å². The number of carbonyl (C=O) groups excluding carboxylic acids is 1. The monoisotopic (exact) mass is 521 g/mol. The van der Waals surface area contributed by atoms with Gasteiger partial charge in [-0.2, -0.15) is 0 Å². The molecule has 0 spiro atoms. The number of aliphatic imine (C=N–C) groups is 1. The molecule has 1 aromatic carbocycles. The number of hydrogen-bond acceptors (Lipinski definition) is 3. The summed E-state index contributed by atoms with van der Waals surface area (Å²) >= 11 is 0. The van der Waals surface area contributed by atoms with Crippen LogP contribution in [0.4, 0.5) is 14.5 Å². The molecule has 162 valence electrons. The quantitative estimate of drug-likeness (QED) is 0.344. The summed E-state index contributed by atoms with van der Waals surface area (Å²) in [5.74, 6) is -0.277. The Morgan fingerprint density at radius 1 is 1.24 bits per heavy atom. The van der Waals surface area contributed by atoms with Crippen LogP contribution in [-0.2, 0) is 4.79 Å². The van der Waals surface area contributed by atoms with Crippen molar-refractivity contribution in [3.8, 4) is 0 Å². The standard InChI is InChI=1S/C20H29F2N5O.HI/c1-2-23-20(24-9-7-19(28)26-10-3-4-11-26)25-16-8-12-27(14-16)18-6-5-15(21)13-17(18)22;/h5-6,13,16H,2-4,7-12,14H2,1H3,(H2,23,24,25);1H. The molecule has 0 saturated carbocycles. The number of likely N-dealkylation sites (tertiary alicyclic amines) is 1. The van der Waals surface area contributed by atoms with E-state index in [9.17, 15) is 13.6 Å². The van der Waals surface area contributed by atoms with E-state index < -0.39 is 11.6 Å². The number of anilines is 1. The van der Waals surface area contributed by atoms with Gasteiger partial charge < -0.3 is 20.4 Å². The molecule has 0 aliphatic carbocycles. The predicted molar refractivity (Wildman–Crippen MR) is 122 cm³/mol. The lowest BCUT2D eigenvalue weighted by Crippen LogP contribution is -2.44. The van der Waals surface area contributed by atoms with Gasteiger partial charge in [0, 0.05) is 51.3 Å². The third kappa shape index (κ3) is 6.68. The van der Waals surface area contributed by atoms with E-state index in [0.29, 0.717) is 37.7 Å². The summed E-state index contributed by atoms with van der Waals surface area (Å²) in [4.78, 5) is 20.5. The van der Waals surface area contributed by atoms with Crippen molar-refractivity contribution in [1.29, 1.82) is 0 Å². The van der Waals surface area contributed by atoms with E-state index in [1.54, 1.807) is 0 Å². The lowest BCUT2D eigenvalue weighted by molar-refractivity contribution is -0.129. The zero-order chi connectivity index (χ0) is 19.9. The minimum atomic E-state index is -0.569. The molecule has 1 aromatic rings. The topological polar surface area (TPSA) is 60.0 Å². The summed E-state index contributed by atoms with van der Waals surface area (Å²) in [6.45, 7) is 6.16. The van der Waals surface area contributed by atoms with Gasteiger partial charge in [0.25, 0.3) is 0 Å². The van der Waals surface area contributed by atoms with Gasteiger partial charge in [-0.25, -0.2) is 8.78 Å². The number of hydrogen-bond donors (Lipinski definition) is 2. The van der Waals surface area contributed by atoms with Crippen molar-refractivity contribution in [1.82, 2.24) is 15.5 Å². The highest BCUT2D eigenvalue weighted by atomic mass is 127. The third-order valence-electron chi connectivity index (χ3n) is 5.18. The van der Waals surface area contributed by atoms with Crippen LogP contribution in [-0.4, -0.2) is 62.1 Å². The van der Waals surface area contributed by atoms with Crippen molar-refractivity contribution in [3.05, 3.63) is 29.8 Å². The molecule has 2 aliphatic rings. The maximum atomic E-state index is 14.0. The van der Waals surface area contributed by atoms with Gasteiger partial charge >= 0.3 is 0 Å². The molecule has 1 atom stereocenters. The van der Waals surface area contributed by atoms with Crippen molar-refractivity contribution >= 4 is 41.5 Å². The maximum absolute atomic E-state index is 14.0. The third-order valence-corrected chi connectivity index (χ3v) is 5.18. The molecule has 29 heavy (non-hydrogen) atoms. The van der Waals surface area contributed by atoms with Crippen LogP contribution in [0.1, 0.15) is 32.6 Å². The number of guanidine groups is 1. The number of rotatable bonds is 6. The van der Waals surface area contributed by atoms with Crippen molar-refractivity contribution in [2.24, 2.45) is 4.99 Å². The molecule has 9 heteroatoms. The fourth-order valence-electron chi connectivity index (χ4n) is 3.74. The second kappa shape index (κ2) is 11.5. The first-order valence-electron chi connectivity index (χ1n) is 10.1. The van der Waals surface area contributed by atoms with Crippen molar-refractivity contribution in [2.45, 2.75) is 38.6 Å². The minimum Gasteiger partial charge on any atom is -0.367 e. The number of nitrogens with zero attached hydrogens (tertiary/aromatic N) is 3. The van der Waals surface area contributed by atoms with Crippen LogP contribution in [0, 0.1) is 11.6 Å². The molecule has 2 aliphatic heterocycles. The van der Waals surface area contributed by atoms with E-state index in [-0.39, 0.29) is 35.9 Å². The molecular formula is C20H30F2IN5O. The van der Waals surface area contributed by atoms with Crippen LogP contribution in [0.25, 0.3) is 0 Å². The Hall–Kier alpha value is -1.65. The van der Waals surface area contributed by atoms with Crippen LogP contribution in [0.2, 0.25) is 0 Å². The highest BCUT2D eigenvalue weighted by Gasteiger charge is 2.25. The van der Waals surface area contributed by atoms with Gasteiger partial charge in [-0.1, -0.05) is 0 Å². The average molecular weight is 521 g/mol. The molecule has 0 radical (unpaired) electrons. The van der Waals surface area contributed by atoms with Gasteiger partial charge in [0.2, 0.25) is 5.91 Å². The lowest BCUT2D eigenvalue weighted by atomic mass is 10.2. The summed E-state index contributed by atoms with van der Waals surface area (Å²) < 4.78 is 27.1. The van der Waals surface area contributed by atoms with Crippen molar-refractivity contribution < 1.29 is 13.6 Å². The molecule has 2 fully saturated rings. The smallest absolute Gasteiger partial charge is 0.224 e. The maximum Gasteiger partial charge on any atom is 0.224 e. The van der Waals surface area contributed by atoms with E-state index in [2.05, 4.69) is 15.6 Å². The van der Waals surface area contributed by atoms with E-state index >= 15 is 0 Å². The molecule has 0 bridgehead atoms. The Kier molecular flexibility index (Phi) is 9.38. The molecule has 2 heterocycles. The van der Waals surface area contributed by atoms with E-state index in [1.807, 2.05) is 16.7 Å². The number of carbonyl (C=O) groups is 1.